The molecule has 4 rings (SSSR count). The van der Waals surface area contributed by atoms with Crippen molar-refractivity contribution in [3.63, 3.8) is 0 Å². The third-order valence-electron chi connectivity index (χ3n) is 5.81. The molecule has 3 aromatic rings. The van der Waals surface area contributed by atoms with Crippen LogP contribution in [0.2, 0.25) is 5.15 Å². The van der Waals surface area contributed by atoms with Crippen molar-refractivity contribution < 1.29 is 19.8 Å². The second-order valence-corrected chi connectivity index (χ2v) is 8.29. The monoisotopic (exact) mass is 483 g/mol. The molecule has 0 aliphatic carbocycles. The van der Waals surface area contributed by atoms with Crippen molar-refractivity contribution in [3.8, 4) is 0 Å². The van der Waals surface area contributed by atoms with Crippen LogP contribution in [0.4, 0.5) is 5.69 Å². The summed E-state index contributed by atoms with van der Waals surface area (Å²) in [4.78, 5) is 31.1. The zero-order valence-electron chi connectivity index (χ0n) is 18.8. The van der Waals surface area contributed by atoms with Crippen molar-refractivity contribution in [2.24, 2.45) is 5.10 Å². The van der Waals surface area contributed by atoms with Crippen LogP contribution in [-0.2, 0) is 13.0 Å². The summed E-state index contributed by atoms with van der Waals surface area (Å²) in [5.41, 5.74) is 4.99. The lowest BCUT2D eigenvalue weighted by molar-refractivity contribution is 0.0580. The van der Waals surface area contributed by atoms with E-state index in [4.69, 9.17) is 11.6 Å². The Morgan fingerprint density at radius 2 is 1.82 bits per heavy atom. The molecule has 2 aromatic carbocycles. The fraction of sp³-hybridized carbons (Fsp3) is 0.333. The predicted octanol–water partition coefficient (Wildman–Crippen LogP) is 3.06. The van der Waals surface area contributed by atoms with Gasteiger partial charge in [0, 0.05) is 34.9 Å². The molecule has 0 radical (unpaired) electrons. The van der Waals surface area contributed by atoms with Gasteiger partial charge in [-0.1, -0.05) is 37.1 Å². The Morgan fingerprint density at radius 3 is 2.53 bits per heavy atom. The number of nitrogens with zero attached hydrogens (tertiary/aromatic N) is 4. The number of hydrazone groups is 1. The summed E-state index contributed by atoms with van der Waals surface area (Å²) >= 11 is 6.35. The van der Waals surface area contributed by atoms with Gasteiger partial charge >= 0.3 is 0 Å². The third-order valence-corrected chi connectivity index (χ3v) is 6.08. The van der Waals surface area contributed by atoms with Crippen molar-refractivity contribution >= 4 is 46.1 Å². The minimum Gasteiger partial charge on any atom is -0.395 e. The molecule has 1 aliphatic heterocycles. The molecule has 0 fully saturated rings. The first kappa shape index (κ1) is 23.9. The molecular weight excluding hydrogens is 458 g/mol. The fourth-order valence-electron chi connectivity index (χ4n) is 4.19. The first-order chi connectivity index (χ1) is 16.5. The van der Waals surface area contributed by atoms with E-state index in [0.29, 0.717) is 45.0 Å². The Labute approximate surface area is 201 Å². The average molecular weight is 484 g/mol. The third kappa shape index (κ3) is 4.29. The fourth-order valence-corrected chi connectivity index (χ4v) is 4.44. The molecule has 2 heterocycles. The number of amides is 2. The lowest BCUT2D eigenvalue weighted by Crippen LogP contribution is -2.41. The van der Waals surface area contributed by atoms with Gasteiger partial charge in [-0.05, 0) is 24.6 Å². The van der Waals surface area contributed by atoms with Crippen LogP contribution in [0.15, 0.2) is 35.4 Å². The van der Waals surface area contributed by atoms with Crippen LogP contribution in [0.25, 0.3) is 10.8 Å². The molecular formula is C24H26ClN5O4. The number of nitrogens with one attached hydrogen (secondary N) is 1. The van der Waals surface area contributed by atoms with Crippen molar-refractivity contribution in [2.75, 3.05) is 25.2 Å². The van der Waals surface area contributed by atoms with Gasteiger partial charge in [0.2, 0.25) is 0 Å². The Bertz CT molecular complexity index is 1250. The predicted molar refractivity (Wildman–Crippen MR) is 131 cm³/mol. The van der Waals surface area contributed by atoms with Gasteiger partial charge in [-0.25, -0.2) is 4.98 Å². The second-order valence-electron chi connectivity index (χ2n) is 7.93. The number of halogens is 1. The normalized spacial score (nSPS) is 13.5. The Hall–Kier alpha value is -3.27. The largest absolute Gasteiger partial charge is 0.395 e. The van der Waals surface area contributed by atoms with Crippen molar-refractivity contribution in [2.45, 2.75) is 32.7 Å². The number of aliphatic hydroxyl groups excluding tert-OH is 2. The molecule has 2 amide bonds. The quantitative estimate of drug-likeness (QED) is 0.231. The minimum absolute atomic E-state index is 0.0513. The lowest BCUT2D eigenvalue weighted by atomic mass is 9.93. The van der Waals surface area contributed by atoms with Crippen LogP contribution in [0.5, 0.6) is 0 Å². The molecule has 1 aliphatic rings. The van der Waals surface area contributed by atoms with Gasteiger partial charge in [0.05, 0.1) is 31.7 Å². The summed E-state index contributed by atoms with van der Waals surface area (Å²) in [6, 6.07) is 8.60. The summed E-state index contributed by atoms with van der Waals surface area (Å²) in [6.45, 7) is 2.05. The first-order valence-corrected chi connectivity index (χ1v) is 11.6. The first-order valence-electron chi connectivity index (χ1n) is 11.2. The highest BCUT2D eigenvalue weighted by atomic mass is 35.5. The molecule has 0 saturated carbocycles. The number of carbonyl (C=O) groups is 2. The van der Waals surface area contributed by atoms with E-state index < -0.39 is 11.8 Å². The maximum Gasteiger partial charge on any atom is 0.261 e. The van der Waals surface area contributed by atoms with Gasteiger partial charge in [0.15, 0.2) is 5.15 Å². The number of aromatic nitrogens is 2. The molecule has 34 heavy (non-hydrogen) atoms. The number of rotatable bonds is 10. The maximum atomic E-state index is 12.8. The number of unbranched alkanes of at least 4 members (excludes halogenated alkanes) is 1. The van der Waals surface area contributed by atoms with E-state index in [1.165, 1.54) is 0 Å². The molecule has 3 N–H and O–H groups in total. The van der Waals surface area contributed by atoms with Crippen LogP contribution in [0, 0.1) is 0 Å². The Morgan fingerprint density at radius 1 is 1.09 bits per heavy atom. The topological polar surface area (TPSA) is 120 Å². The number of hydrogen-bond donors (Lipinski definition) is 3. The van der Waals surface area contributed by atoms with Gasteiger partial charge in [-0.15, -0.1) is 0 Å². The van der Waals surface area contributed by atoms with E-state index in [2.05, 4.69) is 22.4 Å². The van der Waals surface area contributed by atoms with Crippen molar-refractivity contribution in [1.82, 2.24) is 14.5 Å². The molecule has 178 valence electrons. The number of carbonyl (C=O) groups excluding carboxylic acids is 2. The number of aryl methyl sites for hydroxylation is 1. The second kappa shape index (κ2) is 10.3. The van der Waals surface area contributed by atoms with Gasteiger partial charge in [0.1, 0.15) is 11.5 Å². The molecule has 0 saturated heterocycles. The van der Waals surface area contributed by atoms with E-state index in [1.807, 2.05) is 10.6 Å². The van der Waals surface area contributed by atoms with E-state index in [9.17, 15) is 19.8 Å². The summed E-state index contributed by atoms with van der Waals surface area (Å²) in [5, 5.41) is 24.6. The molecule has 0 bridgehead atoms. The number of imide groups is 1. The standard InChI is InChI=1S/C24H26ClN5O4/c1-2-3-7-20-27-22(25)19(29(20)10-12-31)14-26-28-18-9-8-17-21-15(18)5-4-6-16(21)23(33)30(11-13-32)24(17)34/h4-6,8-9,14,28,31-32H,2-3,7,10-13H2,1H3/b26-14+. The molecule has 1 aromatic heterocycles. The minimum atomic E-state index is -0.433. The highest BCUT2D eigenvalue weighted by molar-refractivity contribution is 6.31. The van der Waals surface area contributed by atoms with E-state index >= 15 is 0 Å². The zero-order chi connectivity index (χ0) is 24.2. The van der Waals surface area contributed by atoms with Gasteiger partial charge < -0.3 is 14.8 Å². The zero-order valence-corrected chi connectivity index (χ0v) is 19.5. The van der Waals surface area contributed by atoms with Gasteiger partial charge in [0.25, 0.3) is 11.8 Å². The number of imidazole rings is 1. The van der Waals surface area contributed by atoms with Crippen LogP contribution in [0.3, 0.4) is 0 Å². The van der Waals surface area contributed by atoms with Crippen molar-refractivity contribution in [3.05, 3.63) is 58.1 Å². The summed E-state index contributed by atoms with van der Waals surface area (Å²) < 4.78 is 1.86. The molecule has 9 nitrogen and oxygen atoms in total. The Kier molecular flexibility index (Phi) is 7.26. The van der Waals surface area contributed by atoms with Crippen LogP contribution >= 0.6 is 11.6 Å². The highest BCUT2D eigenvalue weighted by Gasteiger charge is 2.32. The highest BCUT2D eigenvalue weighted by Crippen LogP contribution is 2.34. The lowest BCUT2D eigenvalue weighted by Gasteiger charge is -2.27. The SMILES string of the molecule is CCCCc1nc(Cl)c(/C=N/Nc2ccc3c4c(cccc24)C(=O)N(CCO)C3=O)n1CCO. The van der Waals surface area contributed by atoms with Crippen LogP contribution in [0.1, 0.15) is 52.0 Å². The maximum absolute atomic E-state index is 12.8. The van der Waals surface area contributed by atoms with Crippen LogP contribution in [-0.4, -0.2) is 62.5 Å². The number of hydrogen-bond acceptors (Lipinski definition) is 7. The molecule has 0 spiro atoms. The van der Waals surface area contributed by atoms with E-state index in [0.717, 1.165) is 30.0 Å². The molecule has 0 unspecified atom stereocenters. The van der Waals surface area contributed by atoms with E-state index in [-0.39, 0.29) is 19.8 Å². The average Bonchev–Trinajstić information content (AvgIpc) is 3.13. The number of anilines is 1. The van der Waals surface area contributed by atoms with Gasteiger partial charge in [-0.3, -0.25) is 19.9 Å². The smallest absolute Gasteiger partial charge is 0.261 e. The molecule has 0 atom stereocenters. The molecule has 10 heteroatoms. The number of benzene rings is 2. The number of β-amino-alcohol motifs (C(OH)–C–C–N with tert-alkyl or cyclic N) is 1. The summed E-state index contributed by atoms with van der Waals surface area (Å²) in [6.07, 6.45) is 4.28. The van der Waals surface area contributed by atoms with Crippen LogP contribution < -0.4 is 5.43 Å². The van der Waals surface area contributed by atoms with Crippen molar-refractivity contribution in [1.29, 1.82) is 0 Å². The Balaban J connectivity index is 1.67. The number of aliphatic hydroxyl groups is 2. The summed E-state index contributed by atoms with van der Waals surface area (Å²) in [7, 11) is 0. The summed E-state index contributed by atoms with van der Waals surface area (Å²) in [5.74, 6) is -0.0670. The van der Waals surface area contributed by atoms with Gasteiger partial charge in [-0.2, -0.15) is 5.10 Å². The van der Waals surface area contributed by atoms with E-state index in [1.54, 1.807) is 30.5 Å².